The number of anilines is 1. The zero-order chi connectivity index (χ0) is 20.1. The van der Waals surface area contributed by atoms with E-state index in [-0.39, 0.29) is 12.5 Å². The van der Waals surface area contributed by atoms with E-state index in [1.165, 1.54) is 4.31 Å². The Hall–Kier alpha value is -2.45. The molecular weight excluding hydrogens is 378 g/mol. The first-order valence-electron chi connectivity index (χ1n) is 9.34. The molecular formula is C20H25N3O4S. The smallest absolute Gasteiger partial charge is 0.228 e. The van der Waals surface area contributed by atoms with Crippen molar-refractivity contribution in [2.75, 3.05) is 18.4 Å². The number of hydrogen-bond acceptors (Lipinski definition) is 5. The SMILES string of the molecule is CC(C)S(=O)(=O)N1CCC[C@@H](C(=O)Nc2ccccc2Oc2cccnc2)C1. The van der Waals surface area contributed by atoms with Crippen molar-refractivity contribution in [2.24, 2.45) is 5.92 Å². The largest absolute Gasteiger partial charge is 0.454 e. The standard InChI is InChI=1S/C20H25N3O4S/c1-15(2)28(25,26)23-12-6-7-16(14-23)20(24)22-18-9-3-4-10-19(18)27-17-8-5-11-21-13-17/h3-5,8-11,13,15-16H,6-7,12,14H2,1-2H3,(H,22,24)/t16-/m1/s1. The van der Waals surface area contributed by atoms with Crippen LogP contribution in [0, 0.1) is 5.92 Å². The summed E-state index contributed by atoms with van der Waals surface area (Å²) >= 11 is 0. The third-order valence-corrected chi connectivity index (χ3v) is 6.96. The topological polar surface area (TPSA) is 88.6 Å². The van der Waals surface area contributed by atoms with Crippen LogP contribution in [0.5, 0.6) is 11.5 Å². The molecule has 1 aromatic heterocycles. The molecule has 0 unspecified atom stereocenters. The van der Waals surface area contributed by atoms with E-state index in [1.807, 2.05) is 12.1 Å². The molecule has 1 amide bonds. The second-order valence-electron chi connectivity index (χ2n) is 7.07. The van der Waals surface area contributed by atoms with Crippen molar-refractivity contribution < 1.29 is 17.9 Å². The number of para-hydroxylation sites is 2. The summed E-state index contributed by atoms with van der Waals surface area (Å²) in [5, 5.41) is 2.40. The summed E-state index contributed by atoms with van der Waals surface area (Å²) in [6.07, 6.45) is 4.56. The lowest BCUT2D eigenvalue weighted by atomic mass is 9.98. The molecule has 1 saturated heterocycles. The zero-order valence-electron chi connectivity index (χ0n) is 16.0. The van der Waals surface area contributed by atoms with Crippen LogP contribution < -0.4 is 10.1 Å². The number of benzene rings is 1. The number of piperidine rings is 1. The number of nitrogens with zero attached hydrogens (tertiary/aromatic N) is 2. The third kappa shape index (κ3) is 4.69. The highest BCUT2D eigenvalue weighted by Crippen LogP contribution is 2.30. The van der Waals surface area contributed by atoms with Crippen molar-refractivity contribution in [3.8, 4) is 11.5 Å². The van der Waals surface area contributed by atoms with E-state index in [4.69, 9.17) is 4.74 Å². The van der Waals surface area contributed by atoms with Crippen molar-refractivity contribution in [1.29, 1.82) is 0 Å². The predicted octanol–water partition coefficient (Wildman–Crippen LogP) is 3.26. The fourth-order valence-electron chi connectivity index (χ4n) is 3.11. The molecule has 7 nitrogen and oxygen atoms in total. The lowest BCUT2D eigenvalue weighted by Gasteiger charge is -2.32. The highest BCUT2D eigenvalue weighted by Gasteiger charge is 2.34. The Kier molecular flexibility index (Phi) is 6.31. The summed E-state index contributed by atoms with van der Waals surface area (Å²) in [5.74, 6) is 0.474. The molecule has 0 saturated carbocycles. The quantitative estimate of drug-likeness (QED) is 0.800. The molecule has 1 aromatic carbocycles. The summed E-state index contributed by atoms with van der Waals surface area (Å²) in [6.45, 7) is 3.99. The van der Waals surface area contributed by atoms with Gasteiger partial charge in [0.15, 0.2) is 5.75 Å². The molecule has 2 heterocycles. The lowest BCUT2D eigenvalue weighted by molar-refractivity contribution is -0.120. The zero-order valence-corrected chi connectivity index (χ0v) is 16.9. The molecule has 150 valence electrons. The third-order valence-electron chi connectivity index (χ3n) is 4.72. The maximum Gasteiger partial charge on any atom is 0.228 e. The van der Waals surface area contributed by atoms with Crippen LogP contribution in [0.4, 0.5) is 5.69 Å². The van der Waals surface area contributed by atoms with Gasteiger partial charge in [-0.2, -0.15) is 0 Å². The van der Waals surface area contributed by atoms with Crippen LogP contribution >= 0.6 is 0 Å². The first kappa shape index (κ1) is 20.3. The minimum absolute atomic E-state index is 0.203. The van der Waals surface area contributed by atoms with Crippen molar-refractivity contribution >= 4 is 21.6 Å². The number of carbonyl (C=O) groups excluding carboxylic acids is 1. The molecule has 28 heavy (non-hydrogen) atoms. The minimum Gasteiger partial charge on any atom is -0.454 e. The van der Waals surface area contributed by atoms with Gasteiger partial charge in [0, 0.05) is 19.3 Å². The number of ether oxygens (including phenoxy) is 1. The lowest BCUT2D eigenvalue weighted by Crippen LogP contribution is -2.46. The van der Waals surface area contributed by atoms with Crippen LogP contribution in [0.15, 0.2) is 48.8 Å². The average Bonchev–Trinajstić information content (AvgIpc) is 2.70. The van der Waals surface area contributed by atoms with Gasteiger partial charge in [0.1, 0.15) is 5.75 Å². The number of aromatic nitrogens is 1. The van der Waals surface area contributed by atoms with Gasteiger partial charge in [-0.25, -0.2) is 12.7 Å². The Morgan fingerprint density at radius 2 is 2.04 bits per heavy atom. The second-order valence-corrected chi connectivity index (χ2v) is 9.56. The summed E-state index contributed by atoms with van der Waals surface area (Å²) in [5.41, 5.74) is 0.542. The van der Waals surface area contributed by atoms with Crippen LogP contribution in [0.25, 0.3) is 0 Å². The molecule has 0 bridgehead atoms. The maximum absolute atomic E-state index is 12.8. The van der Waals surface area contributed by atoms with E-state index in [0.717, 1.165) is 0 Å². The Bertz CT molecular complexity index is 916. The molecule has 0 aliphatic carbocycles. The van der Waals surface area contributed by atoms with Crippen molar-refractivity contribution in [3.63, 3.8) is 0 Å². The van der Waals surface area contributed by atoms with Crippen LogP contribution in [0.1, 0.15) is 26.7 Å². The summed E-state index contributed by atoms with van der Waals surface area (Å²) in [7, 11) is -3.37. The minimum atomic E-state index is -3.37. The highest BCUT2D eigenvalue weighted by molar-refractivity contribution is 7.89. The fraction of sp³-hybridized carbons (Fsp3) is 0.400. The predicted molar refractivity (Wildman–Crippen MR) is 108 cm³/mol. The monoisotopic (exact) mass is 403 g/mol. The summed E-state index contributed by atoms with van der Waals surface area (Å²) in [6, 6.07) is 10.7. The van der Waals surface area contributed by atoms with Crippen molar-refractivity contribution in [3.05, 3.63) is 48.8 Å². The number of carbonyl (C=O) groups is 1. The molecule has 1 aliphatic heterocycles. The van der Waals surface area contributed by atoms with E-state index < -0.39 is 21.2 Å². The molecule has 3 rings (SSSR count). The highest BCUT2D eigenvalue weighted by atomic mass is 32.2. The second kappa shape index (κ2) is 8.70. The first-order chi connectivity index (χ1) is 13.4. The van der Waals surface area contributed by atoms with Crippen LogP contribution in [-0.4, -0.2) is 42.0 Å². The van der Waals surface area contributed by atoms with E-state index in [9.17, 15) is 13.2 Å². The Balaban J connectivity index is 1.71. The molecule has 1 fully saturated rings. The number of rotatable bonds is 6. The maximum atomic E-state index is 12.8. The van der Waals surface area contributed by atoms with Gasteiger partial charge in [-0.3, -0.25) is 9.78 Å². The summed E-state index contributed by atoms with van der Waals surface area (Å²) < 4.78 is 32.1. The summed E-state index contributed by atoms with van der Waals surface area (Å²) in [4.78, 5) is 16.8. The number of sulfonamides is 1. The Labute approximate surface area is 165 Å². The van der Waals surface area contributed by atoms with Crippen LogP contribution in [0.3, 0.4) is 0 Å². The molecule has 8 heteroatoms. The molecule has 1 N–H and O–H groups in total. The van der Waals surface area contributed by atoms with Crippen LogP contribution in [0.2, 0.25) is 0 Å². The van der Waals surface area contributed by atoms with Crippen LogP contribution in [-0.2, 0) is 14.8 Å². The normalized spacial score (nSPS) is 18.0. The van der Waals surface area contributed by atoms with Gasteiger partial charge in [-0.1, -0.05) is 12.1 Å². The number of pyridine rings is 1. The Morgan fingerprint density at radius 3 is 2.75 bits per heavy atom. The Morgan fingerprint density at radius 1 is 1.25 bits per heavy atom. The first-order valence-corrected chi connectivity index (χ1v) is 10.8. The van der Waals surface area contributed by atoms with Gasteiger partial charge in [-0.05, 0) is 51.0 Å². The van der Waals surface area contributed by atoms with Gasteiger partial charge in [0.05, 0.1) is 23.1 Å². The molecule has 1 atom stereocenters. The van der Waals surface area contributed by atoms with Crippen molar-refractivity contribution in [1.82, 2.24) is 9.29 Å². The van der Waals surface area contributed by atoms with E-state index >= 15 is 0 Å². The van der Waals surface area contributed by atoms with Crippen molar-refractivity contribution in [2.45, 2.75) is 31.9 Å². The number of amides is 1. The number of nitrogens with one attached hydrogen (secondary N) is 1. The van der Waals surface area contributed by atoms with E-state index in [0.29, 0.717) is 36.6 Å². The van der Waals surface area contributed by atoms with Gasteiger partial charge in [-0.15, -0.1) is 0 Å². The molecule has 2 aromatic rings. The van der Waals surface area contributed by atoms with E-state index in [2.05, 4.69) is 10.3 Å². The van der Waals surface area contributed by atoms with E-state index in [1.54, 1.807) is 50.5 Å². The van der Waals surface area contributed by atoms with Gasteiger partial charge in [0.25, 0.3) is 0 Å². The average molecular weight is 404 g/mol. The van der Waals surface area contributed by atoms with Gasteiger partial charge < -0.3 is 10.1 Å². The fourth-order valence-corrected chi connectivity index (χ4v) is 4.48. The molecule has 1 aliphatic rings. The molecule has 0 radical (unpaired) electrons. The molecule has 0 spiro atoms. The van der Waals surface area contributed by atoms with Gasteiger partial charge in [0.2, 0.25) is 15.9 Å². The number of hydrogen-bond donors (Lipinski definition) is 1. The van der Waals surface area contributed by atoms with Gasteiger partial charge >= 0.3 is 0 Å².